The Kier molecular flexibility index (Phi) is 4.91. The zero-order chi connectivity index (χ0) is 14.6. The van der Waals surface area contributed by atoms with Crippen LogP contribution in [0.3, 0.4) is 0 Å². The molecule has 2 N–H and O–H groups in total. The van der Waals surface area contributed by atoms with E-state index in [0.29, 0.717) is 0 Å². The van der Waals surface area contributed by atoms with Crippen LogP contribution in [-0.2, 0) is 9.59 Å². The molecule has 2 aliphatic rings. The monoisotopic (exact) mass is 289 g/mol. The summed E-state index contributed by atoms with van der Waals surface area (Å²) >= 11 is 0. The molecule has 0 saturated carbocycles. The molecular weight excluding hydrogens is 268 g/mol. The van der Waals surface area contributed by atoms with E-state index >= 15 is 0 Å². The van der Waals surface area contributed by atoms with E-state index in [1.54, 1.807) is 4.90 Å². The van der Waals surface area contributed by atoms with Crippen LogP contribution < -0.4 is 10.6 Å². The number of nitrogens with zero attached hydrogens (tertiary/aromatic N) is 1. The molecule has 7 heteroatoms. The molecule has 114 valence electrons. The zero-order valence-corrected chi connectivity index (χ0v) is 11.5. The average Bonchev–Trinajstić information content (AvgIpc) is 2.80. The molecule has 5 nitrogen and oxygen atoms in total. The van der Waals surface area contributed by atoms with Gasteiger partial charge in [-0.15, -0.1) is 0 Å². The van der Waals surface area contributed by atoms with Crippen molar-refractivity contribution >= 4 is 11.8 Å². The first-order chi connectivity index (χ1) is 9.48. The van der Waals surface area contributed by atoms with Gasteiger partial charge in [-0.05, 0) is 19.3 Å². The molecule has 2 fully saturated rings. The van der Waals surface area contributed by atoms with Gasteiger partial charge in [0, 0.05) is 32.5 Å². The van der Waals surface area contributed by atoms with Crippen molar-refractivity contribution in [2.24, 2.45) is 0 Å². The molecule has 0 aromatic rings. The normalized spacial score (nSPS) is 25.5. The molecule has 0 radical (unpaired) electrons. The molecule has 1 atom stereocenters. The third-order valence-electron chi connectivity index (χ3n) is 3.77. The van der Waals surface area contributed by atoms with E-state index in [1.807, 2.05) is 0 Å². The number of rotatable bonds is 4. The van der Waals surface area contributed by atoms with Crippen LogP contribution >= 0.6 is 0 Å². The standard InChI is InChI=1S/C13H21F2N3O2/c14-13(15)8-10(17-9-13)12(20)16-5-4-11(19)18-6-2-1-3-7-18/h10,17H,1-9H2,(H,16,20). The zero-order valence-electron chi connectivity index (χ0n) is 11.5. The fraction of sp³-hybridized carbons (Fsp3) is 0.846. The summed E-state index contributed by atoms with van der Waals surface area (Å²) in [5.74, 6) is -3.24. The summed E-state index contributed by atoms with van der Waals surface area (Å²) in [4.78, 5) is 25.3. The van der Waals surface area contributed by atoms with Gasteiger partial charge in [0.2, 0.25) is 11.8 Å². The summed E-state index contributed by atoms with van der Waals surface area (Å²) in [6.45, 7) is 1.31. The van der Waals surface area contributed by atoms with Gasteiger partial charge in [0.1, 0.15) is 0 Å². The van der Waals surface area contributed by atoms with Crippen molar-refractivity contribution in [3.63, 3.8) is 0 Å². The van der Waals surface area contributed by atoms with Crippen LogP contribution in [0.1, 0.15) is 32.1 Å². The lowest BCUT2D eigenvalue weighted by molar-refractivity contribution is -0.132. The Morgan fingerprint density at radius 3 is 2.55 bits per heavy atom. The predicted molar refractivity (Wildman–Crippen MR) is 69.4 cm³/mol. The third kappa shape index (κ3) is 4.13. The van der Waals surface area contributed by atoms with Gasteiger partial charge in [0.25, 0.3) is 5.92 Å². The fourth-order valence-electron chi connectivity index (χ4n) is 2.62. The van der Waals surface area contributed by atoms with Gasteiger partial charge < -0.3 is 10.2 Å². The largest absolute Gasteiger partial charge is 0.354 e. The van der Waals surface area contributed by atoms with Crippen molar-refractivity contribution in [1.82, 2.24) is 15.5 Å². The topological polar surface area (TPSA) is 61.4 Å². The van der Waals surface area contributed by atoms with E-state index in [9.17, 15) is 18.4 Å². The van der Waals surface area contributed by atoms with Crippen molar-refractivity contribution < 1.29 is 18.4 Å². The molecule has 2 amide bonds. The lowest BCUT2D eigenvalue weighted by Gasteiger charge is -2.26. The summed E-state index contributed by atoms with van der Waals surface area (Å²) in [7, 11) is 0. The first-order valence-corrected chi connectivity index (χ1v) is 7.15. The van der Waals surface area contributed by atoms with Gasteiger partial charge in [0.15, 0.2) is 0 Å². The number of nitrogens with one attached hydrogen (secondary N) is 2. The molecule has 0 bridgehead atoms. The highest BCUT2D eigenvalue weighted by Gasteiger charge is 2.42. The minimum absolute atomic E-state index is 0.0229. The predicted octanol–water partition coefficient (Wildman–Crippen LogP) is 0.502. The second kappa shape index (κ2) is 6.47. The Balaban J connectivity index is 1.65. The quantitative estimate of drug-likeness (QED) is 0.792. The number of hydrogen-bond donors (Lipinski definition) is 2. The highest BCUT2D eigenvalue weighted by Crippen LogP contribution is 2.24. The van der Waals surface area contributed by atoms with Gasteiger partial charge in [-0.25, -0.2) is 8.78 Å². The highest BCUT2D eigenvalue weighted by atomic mass is 19.3. The Hall–Kier alpha value is -1.24. The van der Waals surface area contributed by atoms with Crippen molar-refractivity contribution in [2.75, 3.05) is 26.2 Å². The number of hydrogen-bond acceptors (Lipinski definition) is 3. The van der Waals surface area contributed by atoms with E-state index in [2.05, 4.69) is 10.6 Å². The van der Waals surface area contributed by atoms with Crippen molar-refractivity contribution in [2.45, 2.75) is 44.1 Å². The molecule has 0 spiro atoms. The maximum Gasteiger partial charge on any atom is 0.262 e. The van der Waals surface area contributed by atoms with E-state index < -0.39 is 30.8 Å². The molecule has 2 saturated heterocycles. The van der Waals surface area contributed by atoms with Crippen molar-refractivity contribution in [3.05, 3.63) is 0 Å². The summed E-state index contributed by atoms with van der Waals surface area (Å²) in [5, 5.41) is 5.04. The van der Waals surface area contributed by atoms with Crippen LogP contribution in [-0.4, -0.2) is 54.9 Å². The summed E-state index contributed by atoms with van der Waals surface area (Å²) in [6.07, 6.45) is 2.97. The lowest BCUT2D eigenvalue weighted by Crippen LogP contribution is -2.42. The number of piperidine rings is 1. The van der Waals surface area contributed by atoms with Crippen LogP contribution in [0.15, 0.2) is 0 Å². The molecule has 0 aliphatic carbocycles. The van der Waals surface area contributed by atoms with Crippen LogP contribution in [0, 0.1) is 0 Å². The number of carbonyl (C=O) groups excluding carboxylic acids is 2. The van der Waals surface area contributed by atoms with Crippen LogP contribution in [0.2, 0.25) is 0 Å². The van der Waals surface area contributed by atoms with Gasteiger partial charge in [0.05, 0.1) is 12.6 Å². The van der Waals surface area contributed by atoms with Gasteiger partial charge in [-0.3, -0.25) is 14.9 Å². The Labute approximate surface area is 117 Å². The molecule has 1 unspecified atom stereocenters. The second-order valence-electron chi connectivity index (χ2n) is 5.48. The van der Waals surface area contributed by atoms with Crippen molar-refractivity contribution in [3.8, 4) is 0 Å². The number of amides is 2. The minimum Gasteiger partial charge on any atom is -0.354 e. The average molecular weight is 289 g/mol. The number of halogens is 2. The Morgan fingerprint density at radius 1 is 1.25 bits per heavy atom. The van der Waals surface area contributed by atoms with Gasteiger partial charge in [-0.2, -0.15) is 0 Å². The summed E-state index contributed by atoms with van der Waals surface area (Å²) < 4.78 is 25.9. The molecule has 0 aromatic heterocycles. The van der Waals surface area contributed by atoms with Gasteiger partial charge in [-0.1, -0.05) is 0 Å². The molecule has 20 heavy (non-hydrogen) atoms. The van der Waals surface area contributed by atoms with Crippen LogP contribution in [0.4, 0.5) is 8.78 Å². The molecule has 2 rings (SSSR count). The van der Waals surface area contributed by atoms with E-state index in [4.69, 9.17) is 0 Å². The SMILES string of the molecule is O=C(NCCC(=O)N1CCCCC1)C1CC(F)(F)CN1. The maximum atomic E-state index is 12.9. The van der Waals surface area contributed by atoms with Crippen LogP contribution in [0.5, 0.6) is 0 Å². The van der Waals surface area contributed by atoms with Crippen LogP contribution in [0.25, 0.3) is 0 Å². The lowest BCUT2D eigenvalue weighted by atomic mass is 10.1. The second-order valence-corrected chi connectivity index (χ2v) is 5.48. The molecule has 2 aliphatic heterocycles. The first kappa shape index (κ1) is 15.2. The van der Waals surface area contributed by atoms with E-state index in [-0.39, 0.29) is 18.9 Å². The van der Waals surface area contributed by atoms with E-state index in [0.717, 1.165) is 32.4 Å². The number of alkyl halides is 2. The summed E-state index contributed by atoms with van der Waals surface area (Å²) in [5.41, 5.74) is 0. The highest BCUT2D eigenvalue weighted by molar-refractivity contribution is 5.83. The third-order valence-corrected chi connectivity index (χ3v) is 3.77. The van der Waals surface area contributed by atoms with Gasteiger partial charge >= 0.3 is 0 Å². The smallest absolute Gasteiger partial charge is 0.262 e. The Bertz CT molecular complexity index is 371. The van der Waals surface area contributed by atoms with E-state index in [1.165, 1.54) is 0 Å². The first-order valence-electron chi connectivity index (χ1n) is 7.15. The minimum atomic E-state index is -2.81. The maximum absolute atomic E-state index is 12.9. The number of carbonyl (C=O) groups is 2. The summed E-state index contributed by atoms with van der Waals surface area (Å²) in [6, 6.07) is -0.852. The van der Waals surface area contributed by atoms with Crippen molar-refractivity contribution in [1.29, 1.82) is 0 Å². The fourth-order valence-corrected chi connectivity index (χ4v) is 2.62. The number of likely N-dealkylation sites (tertiary alicyclic amines) is 1. The molecule has 0 aromatic carbocycles. The Morgan fingerprint density at radius 2 is 1.95 bits per heavy atom. The molecule has 2 heterocycles. The molecular formula is C13H21F2N3O2.